The van der Waals surface area contributed by atoms with E-state index in [1.807, 2.05) is 0 Å². The lowest BCUT2D eigenvalue weighted by Crippen LogP contribution is -2.77. The molecule has 0 fully saturated rings. The quantitative estimate of drug-likeness (QED) is 0.107. The van der Waals surface area contributed by atoms with Crippen LogP contribution in [-0.2, 0) is 4.12 Å². The fraction of sp³-hybridized carbons (Fsp3) is 0.167. The second-order valence-corrected chi connectivity index (χ2v) is 17.5. The van der Waals surface area contributed by atoms with Gasteiger partial charge in [0.05, 0.1) is 0 Å². The summed E-state index contributed by atoms with van der Waals surface area (Å²) in [4.78, 5) is 0. The van der Waals surface area contributed by atoms with Crippen LogP contribution in [0.15, 0.2) is 152 Å². The van der Waals surface area contributed by atoms with Crippen LogP contribution in [-0.4, -0.2) is 16.6 Å². The summed E-state index contributed by atoms with van der Waals surface area (Å²) in [7, 11) is -5.65. The van der Waals surface area contributed by atoms with Crippen molar-refractivity contribution in [3.63, 3.8) is 0 Å². The Bertz CT molecular complexity index is 1260. The van der Waals surface area contributed by atoms with Gasteiger partial charge < -0.3 is 4.12 Å². The normalized spacial score (nSPS) is 11.8. The summed E-state index contributed by atoms with van der Waals surface area (Å²) in [6.07, 6.45) is 4.87. The summed E-state index contributed by atoms with van der Waals surface area (Å²) in [5.74, 6) is 0. The highest BCUT2D eigenvalue weighted by Crippen LogP contribution is 2.24. The summed E-state index contributed by atoms with van der Waals surface area (Å²) >= 11 is 0. The van der Waals surface area contributed by atoms with Crippen molar-refractivity contribution >= 4 is 42.6 Å². The average Bonchev–Trinajstić information content (AvgIpc) is 3.03. The van der Waals surface area contributed by atoms with E-state index in [0.717, 1.165) is 12.5 Å². The van der Waals surface area contributed by atoms with E-state index in [2.05, 4.69) is 159 Å². The zero-order valence-electron chi connectivity index (χ0n) is 22.9. The predicted octanol–water partition coefficient (Wildman–Crippen LogP) is 6.01. The molecule has 0 atom stereocenters. The van der Waals surface area contributed by atoms with Crippen molar-refractivity contribution in [2.24, 2.45) is 0 Å². The molecule has 5 aromatic carbocycles. The first kappa shape index (κ1) is 27.1. The molecule has 0 aliphatic heterocycles. The van der Waals surface area contributed by atoms with Gasteiger partial charge in [-0.2, -0.15) is 0 Å². The molecule has 39 heavy (non-hydrogen) atoms. The van der Waals surface area contributed by atoms with Gasteiger partial charge in [-0.25, -0.2) is 0 Å². The van der Waals surface area contributed by atoms with Crippen LogP contribution < -0.4 is 25.9 Å². The van der Waals surface area contributed by atoms with Crippen LogP contribution in [0, 0.1) is 0 Å². The Morgan fingerprint density at radius 1 is 0.410 bits per heavy atom. The van der Waals surface area contributed by atoms with E-state index < -0.39 is 16.6 Å². The summed E-state index contributed by atoms with van der Waals surface area (Å²) < 4.78 is 8.21. The van der Waals surface area contributed by atoms with Gasteiger partial charge >= 0.3 is 0 Å². The van der Waals surface area contributed by atoms with Crippen molar-refractivity contribution in [1.82, 2.24) is 0 Å². The second kappa shape index (κ2) is 13.0. The number of hydrogen-bond acceptors (Lipinski definition) is 1. The number of hydrogen-bond donors (Lipinski definition) is 0. The van der Waals surface area contributed by atoms with Gasteiger partial charge in [-0.3, -0.25) is 0 Å². The van der Waals surface area contributed by atoms with Gasteiger partial charge in [0.15, 0.2) is 0 Å². The second-order valence-electron chi connectivity index (χ2n) is 10.3. The van der Waals surface area contributed by atoms with E-state index in [0.29, 0.717) is 0 Å². The van der Waals surface area contributed by atoms with Crippen LogP contribution in [0.4, 0.5) is 0 Å². The van der Waals surface area contributed by atoms with Crippen LogP contribution in [0.5, 0.6) is 0 Å². The van der Waals surface area contributed by atoms with Gasteiger partial charge in [0.2, 0.25) is 8.32 Å². The molecular weight excluding hydrogens is 505 g/mol. The molecule has 0 N–H and O–H groups in total. The molecule has 0 saturated carbocycles. The number of unbranched alkanes of at least 4 members (excludes halogenated alkanes) is 3. The van der Waals surface area contributed by atoms with Crippen molar-refractivity contribution in [1.29, 1.82) is 0 Å². The van der Waals surface area contributed by atoms with E-state index in [9.17, 15) is 0 Å². The van der Waals surface area contributed by atoms with E-state index in [1.165, 1.54) is 45.2 Å². The van der Waals surface area contributed by atoms with E-state index in [-0.39, 0.29) is 0 Å². The smallest absolute Gasteiger partial charge is 0.278 e. The van der Waals surface area contributed by atoms with Gasteiger partial charge in [0.1, 0.15) is 0 Å². The van der Waals surface area contributed by atoms with Crippen molar-refractivity contribution in [2.75, 3.05) is 0 Å². The molecule has 0 unspecified atom stereocenters. The van der Waals surface area contributed by atoms with Crippen LogP contribution in [0.1, 0.15) is 32.6 Å². The van der Waals surface area contributed by atoms with Crippen molar-refractivity contribution in [3.8, 4) is 0 Å². The fourth-order valence-corrected chi connectivity index (χ4v) is 16.8. The standard InChI is InChI=1S/C36H38OSi2/c1-2-3-4-20-31-38(32-21-10-5-11-22-32,33-23-12-6-13-24-33)37-39(34-25-14-7-15-26-34,35-27-16-8-17-28-35)36-29-18-9-19-30-36/h5-19,21-30H,2-4,20,31H2,1H3. The Morgan fingerprint density at radius 2 is 0.744 bits per heavy atom. The molecule has 0 aliphatic carbocycles. The van der Waals surface area contributed by atoms with Crippen LogP contribution in [0.3, 0.4) is 0 Å². The molecule has 5 aromatic rings. The molecule has 0 saturated heterocycles. The first-order chi connectivity index (χ1) is 19.3. The highest BCUT2D eigenvalue weighted by Gasteiger charge is 2.51. The third-order valence-corrected chi connectivity index (χ3v) is 17.4. The van der Waals surface area contributed by atoms with E-state index in [4.69, 9.17) is 4.12 Å². The van der Waals surface area contributed by atoms with Gasteiger partial charge in [-0.15, -0.1) is 0 Å². The average molecular weight is 543 g/mol. The highest BCUT2D eigenvalue weighted by molar-refractivity contribution is 7.14. The van der Waals surface area contributed by atoms with E-state index in [1.54, 1.807) is 0 Å². The summed E-state index contributed by atoms with van der Waals surface area (Å²) in [5.41, 5.74) is 0. The fourth-order valence-electron chi connectivity index (χ4n) is 5.80. The van der Waals surface area contributed by atoms with Crippen LogP contribution >= 0.6 is 0 Å². The molecule has 3 heteroatoms. The van der Waals surface area contributed by atoms with Crippen molar-refractivity contribution in [2.45, 2.75) is 38.7 Å². The Balaban J connectivity index is 1.82. The third kappa shape index (κ3) is 5.76. The zero-order chi connectivity index (χ0) is 26.8. The van der Waals surface area contributed by atoms with Crippen LogP contribution in [0.25, 0.3) is 0 Å². The molecule has 0 bridgehead atoms. The molecule has 0 aromatic heterocycles. The lowest BCUT2D eigenvalue weighted by molar-refractivity contribution is 0.571. The SMILES string of the molecule is CCCCCC[Si](O[Si](c1ccccc1)(c1ccccc1)c1ccccc1)(c1ccccc1)c1ccccc1. The topological polar surface area (TPSA) is 9.23 Å². The maximum absolute atomic E-state index is 8.21. The molecule has 5 rings (SSSR count). The molecule has 0 heterocycles. The molecule has 0 aliphatic rings. The minimum Gasteiger partial charge on any atom is -0.439 e. The molecule has 0 spiro atoms. The first-order valence-electron chi connectivity index (χ1n) is 14.3. The number of rotatable bonds is 12. The van der Waals surface area contributed by atoms with E-state index >= 15 is 0 Å². The Morgan fingerprint density at radius 3 is 1.08 bits per heavy atom. The lowest BCUT2D eigenvalue weighted by atomic mass is 10.2. The highest BCUT2D eigenvalue weighted by atomic mass is 28.4. The molecule has 0 amide bonds. The molecule has 0 radical (unpaired) electrons. The lowest BCUT2D eigenvalue weighted by Gasteiger charge is -2.44. The predicted molar refractivity (Wildman–Crippen MR) is 172 cm³/mol. The van der Waals surface area contributed by atoms with Gasteiger partial charge in [-0.05, 0) is 32.0 Å². The summed E-state index contributed by atoms with van der Waals surface area (Å²) in [5, 5.41) is 6.58. The summed E-state index contributed by atoms with van der Waals surface area (Å²) in [6.45, 7) is 2.29. The van der Waals surface area contributed by atoms with Gasteiger partial charge in [0.25, 0.3) is 8.32 Å². The molecule has 196 valence electrons. The van der Waals surface area contributed by atoms with Gasteiger partial charge in [0, 0.05) is 0 Å². The molecular formula is C36H38OSi2. The summed E-state index contributed by atoms with van der Waals surface area (Å²) in [6, 6.07) is 56.4. The Hall–Kier alpha value is -3.51. The van der Waals surface area contributed by atoms with Crippen molar-refractivity contribution < 1.29 is 4.12 Å². The maximum atomic E-state index is 8.21. The Kier molecular flexibility index (Phi) is 9.05. The minimum atomic E-state index is -2.93. The first-order valence-corrected chi connectivity index (χ1v) is 18.3. The van der Waals surface area contributed by atoms with Crippen LogP contribution in [0.2, 0.25) is 6.04 Å². The monoisotopic (exact) mass is 542 g/mol. The van der Waals surface area contributed by atoms with Gasteiger partial charge in [-0.1, -0.05) is 184 Å². The Labute approximate surface area is 236 Å². The maximum Gasteiger partial charge on any atom is 0.278 e. The van der Waals surface area contributed by atoms with Crippen molar-refractivity contribution in [3.05, 3.63) is 152 Å². The zero-order valence-corrected chi connectivity index (χ0v) is 24.9. The third-order valence-electron chi connectivity index (χ3n) is 7.73. The molecule has 1 nitrogen and oxygen atoms in total. The number of benzene rings is 5. The largest absolute Gasteiger partial charge is 0.439 e. The minimum absolute atomic E-state index is 1.06.